The zero-order chi connectivity index (χ0) is 15.0. The van der Waals surface area contributed by atoms with Gasteiger partial charge in [0.1, 0.15) is 4.88 Å². The Balaban J connectivity index is 1.95. The molecule has 1 saturated heterocycles. The number of rotatable bonds is 2. The Morgan fingerprint density at radius 1 is 1.52 bits per heavy atom. The Hall–Kier alpha value is -0.720. The van der Waals surface area contributed by atoms with E-state index < -0.39 is 0 Å². The highest BCUT2D eigenvalue weighted by Gasteiger charge is 2.27. The number of hydrogen-bond donors (Lipinski definition) is 1. The topological polar surface area (TPSA) is 46.3 Å². The van der Waals surface area contributed by atoms with E-state index in [1.54, 1.807) is 0 Å². The fourth-order valence-electron chi connectivity index (χ4n) is 2.58. The molecule has 2 heterocycles. The molecule has 0 bridgehead atoms. The summed E-state index contributed by atoms with van der Waals surface area (Å²) in [6.07, 6.45) is 1.10. The minimum absolute atomic E-state index is 0.0827. The van der Waals surface area contributed by atoms with Gasteiger partial charge in [-0.15, -0.1) is 11.3 Å². The van der Waals surface area contributed by atoms with Crippen LogP contribution in [0.25, 0.3) is 10.1 Å². The molecule has 0 aliphatic carbocycles. The third-order valence-corrected chi connectivity index (χ3v) is 6.97. The highest BCUT2D eigenvalue weighted by Crippen LogP contribution is 2.39. The summed E-state index contributed by atoms with van der Waals surface area (Å²) in [4.78, 5) is 15.4. The fourth-order valence-corrected chi connectivity index (χ4v) is 5.59. The lowest BCUT2D eigenvalue weighted by Gasteiger charge is -2.31. The summed E-state index contributed by atoms with van der Waals surface area (Å²) in [6.45, 7) is 3.82. The van der Waals surface area contributed by atoms with Crippen LogP contribution in [0, 0.1) is 0 Å². The first-order valence-electron chi connectivity index (χ1n) is 6.99. The van der Waals surface area contributed by atoms with Crippen LogP contribution >= 0.6 is 39.0 Å². The summed E-state index contributed by atoms with van der Waals surface area (Å²) < 4.78 is 2.01. The Bertz CT molecular complexity index is 686. The van der Waals surface area contributed by atoms with Crippen LogP contribution < -0.4 is 5.73 Å². The van der Waals surface area contributed by atoms with Crippen LogP contribution in [0.1, 0.15) is 23.0 Å². The van der Waals surface area contributed by atoms with Crippen molar-refractivity contribution < 1.29 is 4.79 Å². The number of benzene rings is 1. The maximum Gasteiger partial charge on any atom is 0.266 e. The van der Waals surface area contributed by atoms with Gasteiger partial charge in [-0.3, -0.25) is 4.79 Å². The number of thiophene rings is 1. The van der Waals surface area contributed by atoms with Crippen LogP contribution in [0.15, 0.2) is 22.7 Å². The van der Waals surface area contributed by atoms with Crippen molar-refractivity contribution in [2.24, 2.45) is 0 Å². The Labute approximate surface area is 141 Å². The number of hydrogen-bond acceptors (Lipinski definition) is 4. The molecule has 1 amide bonds. The molecule has 1 aromatic heterocycles. The summed E-state index contributed by atoms with van der Waals surface area (Å²) in [5.41, 5.74) is 6.85. The van der Waals surface area contributed by atoms with E-state index in [0.717, 1.165) is 39.8 Å². The SMILES string of the molecule is CCC1CN(C(=O)c2sc3cccc(Br)c3c2N)CCS1. The molecule has 1 aromatic carbocycles. The number of amides is 1. The van der Waals surface area contributed by atoms with Crippen molar-refractivity contribution in [1.29, 1.82) is 0 Å². The molecule has 0 saturated carbocycles. The molecule has 2 N–H and O–H groups in total. The Morgan fingerprint density at radius 2 is 2.33 bits per heavy atom. The molecule has 1 unspecified atom stereocenters. The van der Waals surface area contributed by atoms with E-state index in [1.165, 1.54) is 11.3 Å². The molecular weight excluding hydrogens is 368 g/mol. The first-order chi connectivity index (χ1) is 10.1. The summed E-state index contributed by atoms with van der Waals surface area (Å²) in [6, 6.07) is 5.95. The molecule has 3 rings (SSSR count). The van der Waals surface area contributed by atoms with Crippen LogP contribution in [0.4, 0.5) is 5.69 Å². The van der Waals surface area contributed by atoms with Gasteiger partial charge in [-0.2, -0.15) is 11.8 Å². The standard InChI is InChI=1S/C15H17BrN2OS2/c1-2-9-8-18(6-7-20-9)15(19)14-13(17)12-10(16)4-3-5-11(12)21-14/h3-5,9H,2,6-8,17H2,1H3. The number of anilines is 1. The van der Waals surface area contributed by atoms with E-state index in [2.05, 4.69) is 22.9 Å². The van der Waals surface area contributed by atoms with Gasteiger partial charge in [-0.1, -0.05) is 28.9 Å². The summed E-state index contributed by atoms with van der Waals surface area (Å²) in [5, 5.41) is 1.51. The lowest BCUT2D eigenvalue weighted by atomic mass is 10.2. The predicted molar refractivity (Wildman–Crippen MR) is 96.4 cm³/mol. The second-order valence-electron chi connectivity index (χ2n) is 5.11. The number of halogens is 1. The van der Waals surface area contributed by atoms with Crippen LogP contribution in [0.2, 0.25) is 0 Å². The molecule has 6 heteroatoms. The average Bonchev–Trinajstić information content (AvgIpc) is 2.85. The van der Waals surface area contributed by atoms with Crippen molar-refractivity contribution in [3.63, 3.8) is 0 Å². The predicted octanol–water partition coefficient (Wildman–Crippen LogP) is 4.21. The molecule has 1 aliphatic heterocycles. The maximum atomic E-state index is 12.8. The van der Waals surface area contributed by atoms with Crippen molar-refractivity contribution in [3.8, 4) is 0 Å². The van der Waals surface area contributed by atoms with E-state index in [9.17, 15) is 4.79 Å². The highest BCUT2D eigenvalue weighted by molar-refractivity contribution is 9.10. The number of fused-ring (bicyclic) bond motifs is 1. The number of carbonyl (C=O) groups is 1. The van der Waals surface area contributed by atoms with Gasteiger partial charge in [-0.25, -0.2) is 0 Å². The smallest absolute Gasteiger partial charge is 0.266 e. The molecule has 2 aromatic rings. The van der Waals surface area contributed by atoms with E-state index in [1.807, 2.05) is 34.9 Å². The number of carbonyl (C=O) groups excluding carboxylic acids is 1. The quantitative estimate of drug-likeness (QED) is 0.842. The van der Waals surface area contributed by atoms with E-state index in [4.69, 9.17) is 5.73 Å². The second kappa shape index (κ2) is 6.18. The van der Waals surface area contributed by atoms with Crippen molar-refractivity contribution >= 4 is 60.7 Å². The number of thioether (sulfide) groups is 1. The van der Waals surface area contributed by atoms with Gasteiger partial charge in [-0.05, 0) is 18.6 Å². The first-order valence-corrected chi connectivity index (χ1v) is 9.65. The lowest BCUT2D eigenvalue weighted by molar-refractivity contribution is 0.0767. The van der Waals surface area contributed by atoms with Crippen molar-refractivity contribution in [1.82, 2.24) is 4.90 Å². The molecule has 3 nitrogen and oxygen atoms in total. The zero-order valence-electron chi connectivity index (χ0n) is 11.8. The molecule has 21 heavy (non-hydrogen) atoms. The molecule has 1 atom stereocenters. The third-order valence-electron chi connectivity index (χ3n) is 3.78. The van der Waals surface area contributed by atoms with E-state index in [0.29, 0.717) is 15.8 Å². The fraction of sp³-hybridized carbons (Fsp3) is 0.400. The minimum atomic E-state index is 0.0827. The lowest BCUT2D eigenvalue weighted by Crippen LogP contribution is -2.41. The number of nitrogen functional groups attached to an aromatic ring is 1. The van der Waals surface area contributed by atoms with Gasteiger partial charge in [0, 0.05) is 38.7 Å². The van der Waals surface area contributed by atoms with Crippen molar-refractivity contribution in [3.05, 3.63) is 27.5 Å². The van der Waals surface area contributed by atoms with Gasteiger partial charge in [0.05, 0.1) is 5.69 Å². The number of nitrogens with two attached hydrogens (primary N) is 1. The van der Waals surface area contributed by atoms with Gasteiger partial charge in [0.2, 0.25) is 0 Å². The van der Waals surface area contributed by atoms with Crippen LogP contribution in [0.5, 0.6) is 0 Å². The monoisotopic (exact) mass is 384 g/mol. The van der Waals surface area contributed by atoms with Crippen molar-refractivity contribution in [2.45, 2.75) is 18.6 Å². The van der Waals surface area contributed by atoms with Crippen LogP contribution in [0.3, 0.4) is 0 Å². The molecule has 1 aliphatic rings. The van der Waals surface area contributed by atoms with E-state index >= 15 is 0 Å². The van der Waals surface area contributed by atoms with Gasteiger partial charge >= 0.3 is 0 Å². The van der Waals surface area contributed by atoms with E-state index in [-0.39, 0.29) is 5.91 Å². The maximum absolute atomic E-state index is 12.8. The van der Waals surface area contributed by atoms with Gasteiger partial charge in [0.25, 0.3) is 5.91 Å². The summed E-state index contributed by atoms with van der Waals surface area (Å²) in [5.74, 6) is 1.10. The minimum Gasteiger partial charge on any atom is -0.397 e. The Morgan fingerprint density at radius 3 is 3.05 bits per heavy atom. The Kier molecular flexibility index (Phi) is 4.47. The molecule has 0 radical (unpaired) electrons. The van der Waals surface area contributed by atoms with Gasteiger partial charge < -0.3 is 10.6 Å². The van der Waals surface area contributed by atoms with Crippen LogP contribution in [-0.2, 0) is 0 Å². The van der Waals surface area contributed by atoms with Gasteiger partial charge in [0.15, 0.2) is 0 Å². The molecule has 0 spiro atoms. The molecule has 112 valence electrons. The molecule has 1 fully saturated rings. The highest BCUT2D eigenvalue weighted by atomic mass is 79.9. The first kappa shape index (κ1) is 15.2. The normalized spacial score (nSPS) is 19.1. The average molecular weight is 385 g/mol. The van der Waals surface area contributed by atoms with Crippen molar-refractivity contribution in [2.75, 3.05) is 24.6 Å². The third kappa shape index (κ3) is 2.81. The summed E-state index contributed by atoms with van der Waals surface area (Å²) in [7, 11) is 0. The van der Waals surface area contributed by atoms with Crippen LogP contribution in [-0.4, -0.2) is 34.9 Å². The second-order valence-corrected chi connectivity index (χ2v) is 8.42. The largest absolute Gasteiger partial charge is 0.397 e. The number of nitrogens with zero attached hydrogens (tertiary/aromatic N) is 1. The summed E-state index contributed by atoms with van der Waals surface area (Å²) >= 11 is 6.98. The zero-order valence-corrected chi connectivity index (χ0v) is 15.0. The molecular formula is C15H17BrN2OS2.